The number of halogens is 1. The van der Waals surface area contributed by atoms with Gasteiger partial charge < -0.3 is 15.8 Å². The summed E-state index contributed by atoms with van der Waals surface area (Å²) in [5.74, 6) is 0.0856. The number of rotatable bonds is 6. The van der Waals surface area contributed by atoms with Crippen LogP contribution >= 0.6 is 11.6 Å². The summed E-state index contributed by atoms with van der Waals surface area (Å²) in [4.78, 5) is 2.20. The van der Waals surface area contributed by atoms with E-state index in [-0.39, 0.29) is 5.84 Å². The zero-order valence-electron chi connectivity index (χ0n) is 10.9. The Hall–Kier alpha value is -1.42. The first-order valence-corrected chi connectivity index (χ1v) is 6.54. The number of hydrogen-bond acceptors (Lipinski definition) is 3. The molecule has 5 heteroatoms. The first kappa shape index (κ1) is 14.6. The Morgan fingerprint density at radius 2 is 2.17 bits per heavy atom. The van der Waals surface area contributed by atoms with Gasteiger partial charge in [-0.1, -0.05) is 30.1 Å². The molecule has 0 aromatic heterocycles. The van der Waals surface area contributed by atoms with Crippen molar-refractivity contribution in [3.63, 3.8) is 0 Å². The molecule has 0 aliphatic heterocycles. The predicted octanol–water partition coefficient (Wildman–Crippen LogP) is 3.06. The topological polar surface area (TPSA) is 61.8 Å². The Balaban J connectivity index is 3.12. The highest BCUT2D eigenvalue weighted by atomic mass is 35.5. The van der Waals surface area contributed by atoms with E-state index in [0.717, 1.165) is 31.6 Å². The summed E-state index contributed by atoms with van der Waals surface area (Å²) in [7, 11) is 0. The van der Waals surface area contributed by atoms with E-state index < -0.39 is 0 Å². The van der Waals surface area contributed by atoms with Crippen molar-refractivity contribution in [1.29, 1.82) is 0 Å². The second-order valence-electron chi connectivity index (χ2n) is 4.08. The largest absolute Gasteiger partial charge is 0.409 e. The molecule has 0 bridgehead atoms. The Bertz CT molecular complexity index is 421. The second kappa shape index (κ2) is 7.11. The van der Waals surface area contributed by atoms with Gasteiger partial charge in [-0.05, 0) is 31.5 Å². The van der Waals surface area contributed by atoms with E-state index in [0.29, 0.717) is 10.6 Å². The number of nitrogens with two attached hydrogens (primary N) is 1. The zero-order chi connectivity index (χ0) is 13.5. The zero-order valence-corrected chi connectivity index (χ0v) is 11.6. The molecule has 0 saturated carbocycles. The minimum atomic E-state index is 0.0856. The number of nitrogens with zero attached hydrogens (tertiary/aromatic N) is 2. The second-order valence-corrected chi connectivity index (χ2v) is 4.52. The molecule has 0 radical (unpaired) electrons. The molecule has 0 unspecified atom stereocenters. The Morgan fingerprint density at radius 3 is 2.72 bits per heavy atom. The molecule has 4 nitrogen and oxygen atoms in total. The molecular weight excluding hydrogens is 250 g/mol. The van der Waals surface area contributed by atoms with E-state index in [4.69, 9.17) is 22.5 Å². The van der Waals surface area contributed by atoms with Crippen LogP contribution in [0.4, 0.5) is 5.69 Å². The van der Waals surface area contributed by atoms with E-state index >= 15 is 0 Å². The van der Waals surface area contributed by atoms with Crippen LogP contribution in [0.2, 0.25) is 5.02 Å². The van der Waals surface area contributed by atoms with Crippen LogP contribution in [0.3, 0.4) is 0 Å². The van der Waals surface area contributed by atoms with E-state index in [9.17, 15) is 0 Å². The summed E-state index contributed by atoms with van der Waals surface area (Å²) in [6.07, 6.45) is 2.23. The molecule has 0 heterocycles. The fraction of sp³-hybridized carbons (Fsp3) is 0.462. The summed E-state index contributed by atoms with van der Waals surface area (Å²) >= 11 is 5.96. The van der Waals surface area contributed by atoms with Gasteiger partial charge in [-0.2, -0.15) is 0 Å². The third-order valence-corrected chi connectivity index (χ3v) is 3.08. The van der Waals surface area contributed by atoms with Crippen molar-refractivity contribution < 1.29 is 5.21 Å². The van der Waals surface area contributed by atoms with Gasteiger partial charge >= 0.3 is 0 Å². The minimum Gasteiger partial charge on any atom is -0.409 e. The molecular formula is C13H20ClN3O. The van der Waals surface area contributed by atoms with Crippen LogP contribution in [-0.4, -0.2) is 24.1 Å². The number of benzene rings is 1. The molecule has 0 aliphatic rings. The number of anilines is 1. The summed E-state index contributed by atoms with van der Waals surface area (Å²) in [5.41, 5.74) is 7.32. The average Bonchev–Trinajstić information content (AvgIpc) is 2.39. The molecule has 0 saturated heterocycles. The monoisotopic (exact) mass is 269 g/mol. The molecule has 18 heavy (non-hydrogen) atoms. The number of hydrogen-bond donors (Lipinski definition) is 2. The smallest absolute Gasteiger partial charge is 0.172 e. The maximum Gasteiger partial charge on any atom is 0.172 e. The SMILES string of the molecule is CCCCN(CC)c1ccc(Cl)cc1/C(N)=N/O. The van der Waals surface area contributed by atoms with E-state index in [2.05, 4.69) is 23.9 Å². The van der Waals surface area contributed by atoms with Gasteiger partial charge in [0, 0.05) is 29.4 Å². The highest BCUT2D eigenvalue weighted by molar-refractivity contribution is 6.31. The van der Waals surface area contributed by atoms with Crippen LogP contribution < -0.4 is 10.6 Å². The molecule has 0 aliphatic carbocycles. The quantitative estimate of drug-likeness (QED) is 0.361. The van der Waals surface area contributed by atoms with Crippen molar-refractivity contribution in [3.05, 3.63) is 28.8 Å². The molecule has 1 aromatic rings. The molecule has 0 atom stereocenters. The Kier molecular flexibility index (Phi) is 5.78. The van der Waals surface area contributed by atoms with Crippen LogP contribution in [0.25, 0.3) is 0 Å². The standard InChI is InChI=1S/C13H20ClN3O/c1-3-5-8-17(4-2)12-7-6-10(14)9-11(12)13(15)16-18/h6-7,9,18H,3-5,8H2,1-2H3,(H2,15,16). The van der Waals surface area contributed by atoms with Gasteiger partial charge in [0.15, 0.2) is 5.84 Å². The van der Waals surface area contributed by atoms with Crippen molar-refractivity contribution >= 4 is 23.1 Å². The fourth-order valence-electron chi connectivity index (χ4n) is 1.84. The van der Waals surface area contributed by atoms with Crippen molar-refractivity contribution in [1.82, 2.24) is 0 Å². The number of oxime groups is 1. The van der Waals surface area contributed by atoms with Crippen molar-refractivity contribution in [3.8, 4) is 0 Å². The van der Waals surface area contributed by atoms with Gasteiger partial charge in [0.2, 0.25) is 0 Å². The highest BCUT2D eigenvalue weighted by Crippen LogP contribution is 2.24. The fourth-order valence-corrected chi connectivity index (χ4v) is 2.01. The normalized spacial score (nSPS) is 11.6. The lowest BCUT2D eigenvalue weighted by atomic mass is 10.1. The van der Waals surface area contributed by atoms with Gasteiger partial charge in [0.1, 0.15) is 0 Å². The van der Waals surface area contributed by atoms with Crippen molar-refractivity contribution in [2.24, 2.45) is 10.9 Å². The Labute approximate surface area is 113 Å². The van der Waals surface area contributed by atoms with Gasteiger partial charge in [-0.25, -0.2) is 0 Å². The third kappa shape index (κ3) is 3.53. The Morgan fingerprint density at radius 1 is 1.44 bits per heavy atom. The summed E-state index contributed by atoms with van der Waals surface area (Å²) in [6.45, 7) is 6.05. The summed E-state index contributed by atoms with van der Waals surface area (Å²) in [6, 6.07) is 5.45. The molecule has 3 N–H and O–H groups in total. The van der Waals surface area contributed by atoms with Gasteiger partial charge in [-0.3, -0.25) is 0 Å². The molecule has 1 aromatic carbocycles. The van der Waals surface area contributed by atoms with E-state index in [1.54, 1.807) is 6.07 Å². The highest BCUT2D eigenvalue weighted by Gasteiger charge is 2.13. The lowest BCUT2D eigenvalue weighted by Gasteiger charge is -2.25. The van der Waals surface area contributed by atoms with Crippen molar-refractivity contribution in [2.75, 3.05) is 18.0 Å². The molecule has 0 spiro atoms. The molecule has 1 rings (SSSR count). The molecule has 0 fully saturated rings. The molecule has 100 valence electrons. The molecule has 0 amide bonds. The van der Waals surface area contributed by atoms with Crippen LogP contribution in [0.1, 0.15) is 32.3 Å². The first-order chi connectivity index (χ1) is 8.63. The summed E-state index contributed by atoms with van der Waals surface area (Å²) in [5, 5.41) is 12.5. The van der Waals surface area contributed by atoms with Gasteiger partial charge in [0.25, 0.3) is 0 Å². The maximum absolute atomic E-state index is 8.84. The lowest BCUT2D eigenvalue weighted by molar-refractivity contribution is 0.318. The number of amidine groups is 1. The summed E-state index contributed by atoms with van der Waals surface area (Å²) < 4.78 is 0. The van der Waals surface area contributed by atoms with Crippen LogP contribution in [0, 0.1) is 0 Å². The van der Waals surface area contributed by atoms with E-state index in [1.807, 2.05) is 12.1 Å². The van der Waals surface area contributed by atoms with Gasteiger partial charge in [-0.15, -0.1) is 0 Å². The minimum absolute atomic E-state index is 0.0856. The first-order valence-electron chi connectivity index (χ1n) is 6.16. The van der Waals surface area contributed by atoms with Crippen LogP contribution in [0.5, 0.6) is 0 Å². The average molecular weight is 270 g/mol. The van der Waals surface area contributed by atoms with Crippen molar-refractivity contribution in [2.45, 2.75) is 26.7 Å². The predicted molar refractivity (Wildman–Crippen MR) is 76.8 cm³/mol. The van der Waals surface area contributed by atoms with Crippen LogP contribution in [-0.2, 0) is 0 Å². The maximum atomic E-state index is 8.84. The number of unbranched alkanes of at least 4 members (excludes halogenated alkanes) is 1. The lowest BCUT2D eigenvalue weighted by Crippen LogP contribution is -2.27. The third-order valence-electron chi connectivity index (χ3n) is 2.85. The van der Waals surface area contributed by atoms with E-state index in [1.165, 1.54) is 0 Å². The van der Waals surface area contributed by atoms with Crippen LogP contribution in [0.15, 0.2) is 23.4 Å². The van der Waals surface area contributed by atoms with Gasteiger partial charge in [0.05, 0.1) is 0 Å².